The third-order valence-electron chi connectivity index (χ3n) is 5.57. The number of carbonyl (C=O) groups excluding carboxylic acids is 2. The molecule has 0 radical (unpaired) electrons. The summed E-state index contributed by atoms with van der Waals surface area (Å²) in [5.41, 5.74) is 2.56. The molecule has 5 rings (SSSR count). The molecule has 4 aromatic heterocycles. The number of halogens is 1. The Kier molecular flexibility index (Phi) is 5.88. The molecule has 1 aliphatic carbocycles. The van der Waals surface area contributed by atoms with Gasteiger partial charge in [-0.15, -0.1) is 5.10 Å². The third kappa shape index (κ3) is 4.31. The minimum atomic E-state index is -0.405. The topological polar surface area (TPSA) is 123 Å². The molecule has 1 fully saturated rings. The number of hydrogen-bond donors (Lipinski definition) is 2. The van der Waals surface area contributed by atoms with Crippen molar-refractivity contribution in [2.24, 2.45) is 0 Å². The number of amides is 2. The van der Waals surface area contributed by atoms with Gasteiger partial charge in [0.1, 0.15) is 16.6 Å². The van der Waals surface area contributed by atoms with Crippen LogP contribution < -0.4 is 15.4 Å². The first-order valence-electron chi connectivity index (χ1n) is 10.6. The fraction of sp³-hybridized carbons (Fsp3) is 0.273. The van der Waals surface area contributed by atoms with Crippen molar-refractivity contribution in [1.29, 1.82) is 0 Å². The van der Waals surface area contributed by atoms with Crippen LogP contribution in [0.4, 0.5) is 5.13 Å². The van der Waals surface area contributed by atoms with Crippen molar-refractivity contribution in [2.45, 2.75) is 32.2 Å². The van der Waals surface area contributed by atoms with Crippen LogP contribution in [-0.2, 0) is 0 Å². The van der Waals surface area contributed by atoms with Crippen molar-refractivity contribution >= 4 is 44.8 Å². The van der Waals surface area contributed by atoms with Crippen molar-refractivity contribution in [3.8, 4) is 16.9 Å². The monoisotopic (exact) mass is 497 g/mol. The van der Waals surface area contributed by atoms with E-state index in [1.54, 1.807) is 18.3 Å². The SMILES string of the molecule is COc1cnc(Cl)cc1-c1cc(C)ncc1C(=O)Nc1nn2cc(C(=O)NC3CCC3)nc2s1. The molecule has 174 valence electrons. The lowest BCUT2D eigenvalue weighted by atomic mass is 9.93. The first kappa shape index (κ1) is 22.2. The number of carbonyl (C=O) groups is 2. The minimum absolute atomic E-state index is 0.215. The van der Waals surface area contributed by atoms with Crippen molar-refractivity contribution in [3.63, 3.8) is 0 Å². The van der Waals surface area contributed by atoms with E-state index in [0.717, 1.165) is 36.3 Å². The molecule has 0 atom stereocenters. The van der Waals surface area contributed by atoms with E-state index in [0.29, 0.717) is 38.2 Å². The van der Waals surface area contributed by atoms with Gasteiger partial charge in [-0.2, -0.15) is 0 Å². The van der Waals surface area contributed by atoms with Gasteiger partial charge in [0.15, 0.2) is 0 Å². The van der Waals surface area contributed by atoms with Crippen molar-refractivity contribution < 1.29 is 14.3 Å². The zero-order chi connectivity index (χ0) is 23.8. The van der Waals surface area contributed by atoms with Crippen LogP contribution in [0, 0.1) is 6.92 Å². The Bertz CT molecular complexity index is 1380. The van der Waals surface area contributed by atoms with Gasteiger partial charge in [-0.05, 0) is 38.3 Å². The van der Waals surface area contributed by atoms with Gasteiger partial charge in [0.2, 0.25) is 10.1 Å². The van der Waals surface area contributed by atoms with Gasteiger partial charge in [0, 0.05) is 29.1 Å². The zero-order valence-electron chi connectivity index (χ0n) is 18.3. The number of hydrogen-bond acceptors (Lipinski definition) is 8. The average molecular weight is 498 g/mol. The Morgan fingerprint density at radius 1 is 1.18 bits per heavy atom. The van der Waals surface area contributed by atoms with Gasteiger partial charge in [-0.25, -0.2) is 14.5 Å². The summed E-state index contributed by atoms with van der Waals surface area (Å²) < 4.78 is 6.90. The Labute approximate surface area is 203 Å². The molecule has 0 saturated heterocycles. The molecule has 4 aromatic rings. The largest absolute Gasteiger partial charge is 0.494 e. The number of methoxy groups -OCH3 is 1. The molecular weight excluding hydrogens is 478 g/mol. The smallest absolute Gasteiger partial charge is 0.271 e. The number of pyridine rings is 2. The standard InChI is InChI=1S/C22H20ClN7O3S/c1-11-6-13(14-7-18(23)25-9-17(14)33-2)15(8-24-11)19(31)28-21-29-30-10-16(27-22(30)34-21)20(32)26-12-4-3-5-12/h6-10,12H,3-5H2,1-2H3,(H,26,32)(H,28,29,31). The summed E-state index contributed by atoms with van der Waals surface area (Å²) in [7, 11) is 1.52. The van der Waals surface area contributed by atoms with Crippen molar-refractivity contribution in [2.75, 3.05) is 12.4 Å². The van der Waals surface area contributed by atoms with Gasteiger partial charge in [-0.1, -0.05) is 22.9 Å². The summed E-state index contributed by atoms with van der Waals surface area (Å²) in [6.45, 7) is 1.83. The second-order valence-corrected chi connectivity index (χ2v) is 9.24. The van der Waals surface area contributed by atoms with Gasteiger partial charge in [0.05, 0.1) is 25.1 Å². The summed E-state index contributed by atoms with van der Waals surface area (Å²) >= 11 is 7.27. The quantitative estimate of drug-likeness (QED) is 0.389. The molecule has 0 aliphatic heterocycles. The van der Waals surface area contributed by atoms with Crippen LogP contribution in [0.2, 0.25) is 5.15 Å². The van der Waals surface area contributed by atoms with Crippen LogP contribution in [0.3, 0.4) is 0 Å². The van der Waals surface area contributed by atoms with E-state index >= 15 is 0 Å². The van der Waals surface area contributed by atoms with Gasteiger partial charge in [-0.3, -0.25) is 19.9 Å². The highest BCUT2D eigenvalue weighted by atomic mass is 35.5. The van der Waals surface area contributed by atoms with Crippen molar-refractivity contribution in [3.05, 3.63) is 52.8 Å². The molecule has 0 bridgehead atoms. The highest BCUT2D eigenvalue weighted by Crippen LogP contribution is 2.34. The van der Waals surface area contributed by atoms with E-state index in [4.69, 9.17) is 16.3 Å². The minimum Gasteiger partial charge on any atom is -0.494 e. The van der Waals surface area contributed by atoms with Crippen LogP contribution in [0.5, 0.6) is 5.75 Å². The predicted octanol–water partition coefficient (Wildman–Crippen LogP) is 3.75. The number of nitrogens with zero attached hydrogens (tertiary/aromatic N) is 5. The first-order valence-corrected chi connectivity index (χ1v) is 11.8. The molecule has 0 aromatic carbocycles. The van der Waals surface area contributed by atoms with Crippen LogP contribution in [0.1, 0.15) is 45.8 Å². The van der Waals surface area contributed by atoms with Crippen LogP contribution in [-0.4, -0.2) is 49.5 Å². The van der Waals surface area contributed by atoms with E-state index in [-0.39, 0.29) is 17.1 Å². The first-order chi connectivity index (χ1) is 16.4. The van der Waals surface area contributed by atoms with Gasteiger partial charge >= 0.3 is 0 Å². The van der Waals surface area contributed by atoms with E-state index in [2.05, 4.69) is 30.7 Å². The summed E-state index contributed by atoms with van der Waals surface area (Å²) in [5.74, 6) is -0.143. The molecule has 4 heterocycles. The molecule has 34 heavy (non-hydrogen) atoms. The fourth-order valence-electron chi connectivity index (χ4n) is 3.59. The predicted molar refractivity (Wildman–Crippen MR) is 128 cm³/mol. The van der Waals surface area contributed by atoms with Crippen LogP contribution >= 0.6 is 22.9 Å². The highest BCUT2D eigenvalue weighted by molar-refractivity contribution is 7.20. The number of ether oxygens (including phenoxy) is 1. The molecule has 0 spiro atoms. The second-order valence-electron chi connectivity index (χ2n) is 7.89. The van der Waals surface area contributed by atoms with Crippen LogP contribution in [0.25, 0.3) is 16.1 Å². The zero-order valence-corrected chi connectivity index (χ0v) is 19.9. The Balaban J connectivity index is 1.40. The third-order valence-corrected chi connectivity index (χ3v) is 6.61. The Morgan fingerprint density at radius 2 is 2.00 bits per heavy atom. The maximum Gasteiger partial charge on any atom is 0.271 e. The van der Waals surface area contributed by atoms with E-state index in [1.807, 2.05) is 6.92 Å². The fourth-order valence-corrected chi connectivity index (χ4v) is 4.52. The number of anilines is 1. The normalized spacial score (nSPS) is 13.5. The molecule has 12 heteroatoms. The number of aromatic nitrogens is 5. The summed E-state index contributed by atoms with van der Waals surface area (Å²) in [5, 5.41) is 10.7. The van der Waals surface area contributed by atoms with E-state index in [9.17, 15) is 9.59 Å². The van der Waals surface area contributed by atoms with Crippen molar-refractivity contribution in [1.82, 2.24) is 29.9 Å². The number of rotatable bonds is 6. The Hall–Kier alpha value is -3.57. The average Bonchev–Trinajstić information content (AvgIpc) is 3.34. The summed E-state index contributed by atoms with van der Waals surface area (Å²) in [4.78, 5) is 38.7. The number of aryl methyl sites for hydroxylation is 1. The molecule has 1 aliphatic rings. The number of nitrogens with one attached hydrogen (secondary N) is 2. The maximum atomic E-state index is 13.2. The lowest BCUT2D eigenvalue weighted by molar-refractivity contribution is 0.0911. The number of fused-ring (bicyclic) bond motifs is 1. The highest BCUT2D eigenvalue weighted by Gasteiger charge is 2.23. The number of imidazole rings is 1. The second kappa shape index (κ2) is 8.99. The van der Waals surface area contributed by atoms with Crippen LogP contribution in [0.15, 0.2) is 30.7 Å². The Morgan fingerprint density at radius 3 is 2.71 bits per heavy atom. The molecule has 1 saturated carbocycles. The molecular formula is C22H20ClN7O3S. The molecule has 10 nitrogen and oxygen atoms in total. The summed E-state index contributed by atoms with van der Waals surface area (Å²) in [6.07, 6.45) is 7.68. The lowest BCUT2D eigenvalue weighted by Crippen LogP contribution is -2.39. The van der Waals surface area contributed by atoms with E-state index in [1.165, 1.54) is 24.0 Å². The summed E-state index contributed by atoms with van der Waals surface area (Å²) in [6, 6.07) is 3.64. The van der Waals surface area contributed by atoms with E-state index < -0.39 is 5.91 Å². The molecule has 2 amide bonds. The van der Waals surface area contributed by atoms with Gasteiger partial charge in [0.25, 0.3) is 11.8 Å². The lowest BCUT2D eigenvalue weighted by Gasteiger charge is -2.25. The maximum absolute atomic E-state index is 13.2. The molecule has 2 N–H and O–H groups in total. The van der Waals surface area contributed by atoms with Gasteiger partial charge < -0.3 is 10.1 Å². The molecule has 0 unspecified atom stereocenters.